The van der Waals surface area contributed by atoms with E-state index in [1.165, 1.54) is 0 Å². The van der Waals surface area contributed by atoms with Gasteiger partial charge in [-0.05, 0) is 74.4 Å². The molecule has 0 N–H and O–H groups in total. The van der Waals surface area contributed by atoms with Crippen molar-refractivity contribution in [2.24, 2.45) is 0 Å². The van der Waals surface area contributed by atoms with Gasteiger partial charge in [-0.25, -0.2) is 9.97 Å². The zero-order chi connectivity index (χ0) is 18.5. The minimum Gasteiger partial charge on any atom is -0.256 e. The summed E-state index contributed by atoms with van der Waals surface area (Å²) in [4.78, 5) is 18.3. The van der Waals surface area contributed by atoms with Gasteiger partial charge in [0, 0.05) is 34.7 Å². The van der Waals surface area contributed by atoms with Gasteiger partial charge in [0.15, 0.2) is 5.65 Å². The molecule has 4 heteroatoms. The van der Waals surface area contributed by atoms with Gasteiger partial charge in [0.05, 0.1) is 11.4 Å². The van der Waals surface area contributed by atoms with E-state index in [0.717, 1.165) is 52.2 Å². The smallest absolute Gasteiger partial charge is 0.159 e. The molecular formula is C23H20N4. The summed E-state index contributed by atoms with van der Waals surface area (Å²) >= 11 is 0. The number of aromatic nitrogens is 4. The Kier molecular flexibility index (Phi) is 4.97. The molecule has 0 fully saturated rings. The van der Waals surface area contributed by atoms with Crippen LogP contribution in [0.3, 0.4) is 0 Å². The maximum Gasteiger partial charge on any atom is 0.159 e. The molecule has 0 amide bonds. The summed E-state index contributed by atoms with van der Waals surface area (Å²) in [5, 5.41) is 1.06. The number of hydrogen-bond donors (Lipinski definition) is 0. The van der Waals surface area contributed by atoms with Crippen LogP contribution in [0, 0.1) is 0 Å². The van der Waals surface area contributed by atoms with E-state index in [-0.39, 0.29) is 0 Å². The zero-order valence-electron chi connectivity index (χ0n) is 15.2. The van der Waals surface area contributed by atoms with Crippen LogP contribution in [0.25, 0.3) is 28.4 Å². The molecule has 27 heavy (non-hydrogen) atoms. The predicted octanol–water partition coefficient (Wildman–Crippen LogP) is 4.91. The first-order valence-corrected chi connectivity index (χ1v) is 9.08. The molecule has 0 aliphatic rings. The Morgan fingerprint density at radius 2 is 1.59 bits per heavy atom. The van der Waals surface area contributed by atoms with E-state index in [2.05, 4.69) is 45.3 Å². The molecule has 4 aromatic heterocycles. The van der Waals surface area contributed by atoms with E-state index in [9.17, 15) is 0 Å². The van der Waals surface area contributed by atoms with Gasteiger partial charge < -0.3 is 0 Å². The number of aryl methyl sites for hydroxylation is 2. The molecule has 0 saturated heterocycles. The van der Waals surface area contributed by atoms with E-state index < -0.39 is 0 Å². The van der Waals surface area contributed by atoms with Crippen molar-refractivity contribution in [1.29, 1.82) is 0 Å². The molecule has 4 heterocycles. The number of fused-ring (bicyclic) bond motifs is 1. The van der Waals surface area contributed by atoms with Gasteiger partial charge in [0.25, 0.3) is 0 Å². The molecule has 0 spiro atoms. The van der Waals surface area contributed by atoms with E-state index in [4.69, 9.17) is 4.98 Å². The largest absolute Gasteiger partial charge is 0.256 e. The highest BCUT2D eigenvalue weighted by Crippen LogP contribution is 2.22. The summed E-state index contributed by atoms with van der Waals surface area (Å²) in [5.74, 6) is 0. The van der Waals surface area contributed by atoms with Crippen molar-refractivity contribution in [2.75, 3.05) is 0 Å². The molecule has 0 saturated carbocycles. The van der Waals surface area contributed by atoms with Crippen LogP contribution in [0.5, 0.6) is 0 Å². The molecule has 0 aliphatic heterocycles. The fourth-order valence-electron chi connectivity index (χ4n) is 3.08. The van der Waals surface area contributed by atoms with Gasteiger partial charge in [-0.1, -0.05) is 12.1 Å². The lowest BCUT2D eigenvalue weighted by Crippen LogP contribution is -1.99. The van der Waals surface area contributed by atoms with Crippen LogP contribution in [0.4, 0.5) is 0 Å². The third-order valence-electron chi connectivity index (χ3n) is 4.40. The van der Waals surface area contributed by atoms with Crippen molar-refractivity contribution in [1.82, 2.24) is 19.9 Å². The third-order valence-corrected chi connectivity index (χ3v) is 4.40. The van der Waals surface area contributed by atoms with Crippen molar-refractivity contribution >= 4 is 17.1 Å². The fourth-order valence-corrected chi connectivity index (χ4v) is 3.08. The number of hydrogen-bond acceptors (Lipinski definition) is 4. The summed E-state index contributed by atoms with van der Waals surface area (Å²) in [6.07, 6.45) is 9.25. The molecular weight excluding hydrogens is 332 g/mol. The van der Waals surface area contributed by atoms with Gasteiger partial charge in [-0.15, -0.1) is 0 Å². The van der Waals surface area contributed by atoms with E-state index in [1.807, 2.05) is 49.5 Å². The van der Waals surface area contributed by atoms with Crippen LogP contribution >= 0.6 is 0 Å². The summed E-state index contributed by atoms with van der Waals surface area (Å²) < 4.78 is 0. The Hall–Kier alpha value is -3.40. The van der Waals surface area contributed by atoms with Crippen molar-refractivity contribution in [2.45, 2.75) is 19.8 Å². The Bertz CT molecular complexity index is 1100. The van der Waals surface area contributed by atoms with Crippen LogP contribution in [-0.2, 0) is 12.8 Å². The monoisotopic (exact) mass is 352 g/mol. The minimum atomic E-state index is 0.795. The molecule has 0 atom stereocenters. The molecule has 0 aliphatic carbocycles. The average Bonchev–Trinajstić information content (AvgIpc) is 2.73. The highest BCUT2D eigenvalue weighted by Gasteiger charge is 2.07. The quantitative estimate of drug-likeness (QED) is 0.512. The first kappa shape index (κ1) is 17.0. The zero-order valence-corrected chi connectivity index (χ0v) is 15.2. The SMILES string of the molecule is C/C=C\c1ncccc1-c1cccc(CCc2ccc3cccnc3n2)n1. The first-order chi connectivity index (χ1) is 13.3. The Morgan fingerprint density at radius 1 is 0.778 bits per heavy atom. The normalized spacial score (nSPS) is 11.3. The Morgan fingerprint density at radius 3 is 2.48 bits per heavy atom. The molecule has 0 radical (unpaired) electrons. The third kappa shape index (κ3) is 3.90. The van der Waals surface area contributed by atoms with E-state index in [1.54, 1.807) is 6.20 Å². The van der Waals surface area contributed by atoms with Crippen molar-refractivity contribution in [3.8, 4) is 11.3 Å². The first-order valence-electron chi connectivity index (χ1n) is 9.08. The number of pyridine rings is 4. The maximum absolute atomic E-state index is 4.85. The average molecular weight is 352 g/mol. The number of nitrogens with zero attached hydrogens (tertiary/aromatic N) is 4. The highest BCUT2D eigenvalue weighted by molar-refractivity contribution is 5.74. The lowest BCUT2D eigenvalue weighted by molar-refractivity contribution is 0.885. The topological polar surface area (TPSA) is 51.6 Å². The summed E-state index contributed by atoms with van der Waals surface area (Å²) in [6.45, 7) is 1.99. The van der Waals surface area contributed by atoms with Crippen molar-refractivity contribution in [3.05, 3.63) is 90.1 Å². The van der Waals surface area contributed by atoms with Crippen LogP contribution in [-0.4, -0.2) is 19.9 Å². The van der Waals surface area contributed by atoms with Crippen molar-refractivity contribution in [3.63, 3.8) is 0 Å². The van der Waals surface area contributed by atoms with Crippen LogP contribution < -0.4 is 0 Å². The van der Waals surface area contributed by atoms with Crippen LogP contribution in [0.1, 0.15) is 24.0 Å². The summed E-state index contributed by atoms with van der Waals surface area (Å²) in [5.41, 5.74) is 5.80. The van der Waals surface area contributed by atoms with E-state index in [0.29, 0.717) is 0 Å². The molecule has 0 bridgehead atoms. The maximum atomic E-state index is 4.85. The lowest BCUT2D eigenvalue weighted by atomic mass is 10.1. The van der Waals surface area contributed by atoms with Gasteiger partial charge in [-0.2, -0.15) is 0 Å². The minimum absolute atomic E-state index is 0.795. The fraction of sp³-hybridized carbons (Fsp3) is 0.130. The molecule has 0 unspecified atom stereocenters. The molecule has 0 aromatic carbocycles. The van der Waals surface area contributed by atoms with Crippen LogP contribution in [0.2, 0.25) is 0 Å². The van der Waals surface area contributed by atoms with Crippen molar-refractivity contribution < 1.29 is 0 Å². The molecule has 4 nitrogen and oxygen atoms in total. The highest BCUT2D eigenvalue weighted by atomic mass is 14.8. The second-order valence-corrected chi connectivity index (χ2v) is 6.30. The Labute approximate surface area is 158 Å². The second-order valence-electron chi connectivity index (χ2n) is 6.30. The summed E-state index contributed by atoms with van der Waals surface area (Å²) in [7, 11) is 0. The van der Waals surface area contributed by atoms with Gasteiger partial charge in [-0.3, -0.25) is 9.97 Å². The second kappa shape index (κ2) is 7.87. The van der Waals surface area contributed by atoms with Gasteiger partial charge in [0.1, 0.15) is 0 Å². The molecule has 4 rings (SSSR count). The predicted molar refractivity (Wildman–Crippen MR) is 109 cm³/mol. The number of allylic oxidation sites excluding steroid dienone is 1. The standard InChI is InChI=1S/C23H20N4/c1-2-6-21-20(9-5-15-24-21)22-10-3-8-18(26-22)13-14-19-12-11-17-7-4-16-25-23(17)27-19/h2-12,15-16H,13-14H2,1H3/b6-2-. The van der Waals surface area contributed by atoms with E-state index >= 15 is 0 Å². The number of rotatable bonds is 5. The molecule has 132 valence electrons. The van der Waals surface area contributed by atoms with Crippen LogP contribution in [0.15, 0.2) is 73.1 Å². The lowest BCUT2D eigenvalue weighted by Gasteiger charge is -2.07. The van der Waals surface area contributed by atoms with Gasteiger partial charge >= 0.3 is 0 Å². The Balaban J connectivity index is 1.56. The van der Waals surface area contributed by atoms with Gasteiger partial charge in [0.2, 0.25) is 0 Å². The molecule has 4 aromatic rings. The summed E-state index contributed by atoms with van der Waals surface area (Å²) in [6, 6.07) is 18.3.